The molecule has 1 aliphatic rings. The number of carbonyl (C=O) groups excluding carboxylic acids is 3. The summed E-state index contributed by atoms with van der Waals surface area (Å²) in [7, 11) is 0. The van der Waals surface area contributed by atoms with Crippen LogP contribution in [0.1, 0.15) is 35.0 Å². The molecule has 1 saturated heterocycles. The lowest BCUT2D eigenvalue weighted by atomic mass is 10.0. The van der Waals surface area contributed by atoms with Gasteiger partial charge in [0.1, 0.15) is 6.04 Å². The van der Waals surface area contributed by atoms with Gasteiger partial charge in [-0.25, -0.2) is 0 Å². The number of benzene rings is 3. The van der Waals surface area contributed by atoms with E-state index in [1.54, 1.807) is 6.07 Å². The number of carbonyl (C=O) groups is 3. The van der Waals surface area contributed by atoms with E-state index in [-0.39, 0.29) is 24.3 Å². The summed E-state index contributed by atoms with van der Waals surface area (Å²) in [5.74, 6) is -1.18. The molecule has 194 valence electrons. The van der Waals surface area contributed by atoms with Crippen LogP contribution < -0.4 is 15.5 Å². The second-order valence-corrected chi connectivity index (χ2v) is 9.12. The summed E-state index contributed by atoms with van der Waals surface area (Å²) in [5.41, 5.74) is 1.22. The standard InChI is InChI=1S/C30H29N3O5/c34-27(20-32-29(35)26-16-8-18-38-26)33(25-15-6-12-21-9-4-5-14-24(21)25)28(22-10-2-1-3-11-22)30(36)31-19-23-13-7-17-37-23/h1-6,8-12,14-16,18,23,28H,7,13,17,19-20H2,(H,31,36)(H,32,35). The molecule has 2 N–H and O–H groups in total. The Morgan fingerprint density at radius 3 is 2.45 bits per heavy atom. The maximum absolute atomic E-state index is 13.9. The summed E-state index contributed by atoms with van der Waals surface area (Å²) < 4.78 is 10.8. The smallest absolute Gasteiger partial charge is 0.287 e. The van der Waals surface area contributed by atoms with Gasteiger partial charge in [0, 0.05) is 18.5 Å². The molecule has 3 aromatic carbocycles. The number of nitrogens with one attached hydrogen (secondary N) is 2. The second kappa shape index (κ2) is 11.7. The molecule has 0 bridgehead atoms. The van der Waals surface area contributed by atoms with Crippen molar-refractivity contribution in [2.24, 2.45) is 0 Å². The number of rotatable bonds is 9. The summed E-state index contributed by atoms with van der Waals surface area (Å²) in [4.78, 5) is 41.7. The van der Waals surface area contributed by atoms with E-state index in [0.717, 1.165) is 23.6 Å². The molecule has 0 radical (unpaired) electrons. The molecule has 1 fully saturated rings. The van der Waals surface area contributed by atoms with Gasteiger partial charge < -0.3 is 19.8 Å². The van der Waals surface area contributed by atoms with Gasteiger partial charge in [0.2, 0.25) is 11.8 Å². The molecule has 38 heavy (non-hydrogen) atoms. The Morgan fingerprint density at radius 1 is 0.895 bits per heavy atom. The van der Waals surface area contributed by atoms with Crippen LogP contribution >= 0.6 is 0 Å². The number of nitrogens with zero attached hydrogens (tertiary/aromatic N) is 1. The molecule has 8 heteroatoms. The summed E-state index contributed by atoms with van der Waals surface area (Å²) >= 11 is 0. The van der Waals surface area contributed by atoms with E-state index in [4.69, 9.17) is 9.15 Å². The van der Waals surface area contributed by atoms with Crippen LogP contribution in [0, 0.1) is 0 Å². The Bertz CT molecular complexity index is 1390. The number of furan rings is 1. The Balaban J connectivity index is 1.52. The Kier molecular flexibility index (Phi) is 7.80. The average Bonchev–Trinajstić information content (AvgIpc) is 3.68. The van der Waals surface area contributed by atoms with E-state index < -0.39 is 17.9 Å². The zero-order valence-electron chi connectivity index (χ0n) is 20.8. The lowest BCUT2D eigenvalue weighted by Crippen LogP contribution is -2.48. The molecule has 2 heterocycles. The van der Waals surface area contributed by atoms with Crippen molar-refractivity contribution in [1.29, 1.82) is 0 Å². The van der Waals surface area contributed by atoms with Gasteiger partial charge in [-0.3, -0.25) is 19.3 Å². The summed E-state index contributed by atoms with van der Waals surface area (Å²) in [5, 5.41) is 7.37. The van der Waals surface area contributed by atoms with Crippen LogP contribution in [0.25, 0.3) is 10.8 Å². The normalized spacial score (nSPS) is 15.6. The molecule has 4 aromatic rings. The first-order valence-electron chi connectivity index (χ1n) is 12.7. The van der Waals surface area contributed by atoms with Crippen molar-refractivity contribution in [1.82, 2.24) is 10.6 Å². The molecule has 0 saturated carbocycles. The van der Waals surface area contributed by atoms with Crippen LogP contribution in [0.15, 0.2) is 95.6 Å². The minimum absolute atomic E-state index is 0.0512. The highest BCUT2D eigenvalue weighted by molar-refractivity contribution is 6.09. The number of hydrogen-bond acceptors (Lipinski definition) is 5. The van der Waals surface area contributed by atoms with E-state index in [1.165, 1.54) is 17.2 Å². The molecule has 8 nitrogen and oxygen atoms in total. The molecule has 3 amide bonds. The van der Waals surface area contributed by atoms with Crippen LogP contribution in [0.4, 0.5) is 5.69 Å². The molecule has 2 atom stereocenters. The van der Waals surface area contributed by atoms with Crippen molar-refractivity contribution in [3.8, 4) is 0 Å². The number of hydrogen-bond donors (Lipinski definition) is 2. The molecule has 0 aliphatic carbocycles. The van der Waals surface area contributed by atoms with Gasteiger partial charge in [0.05, 0.1) is 24.6 Å². The van der Waals surface area contributed by atoms with Crippen LogP contribution in [0.5, 0.6) is 0 Å². The number of anilines is 1. The zero-order valence-corrected chi connectivity index (χ0v) is 20.8. The largest absolute Gasteiger partial charge is 0.459 e. The fraction of sp³-hybridized carbons (Fsp3) is 0.233. The first-order valence-corrected chi connectivity index (χ1v) is 12.7. The molecule has 2 unspecified atom stereocenters. The van der Waals surface area contributed by atoms with E-state index in [0.29, 0.717) is 24.4 Å². The highest BCUT2D eigenvalue weighted by atomic mass is 16.5. The SMILES string of the molecule is O=C(NCC(=O)N(c1cccc2ccccc12)C(C(=O)NCC1CCCO1)c1ccccc1)c1ccco1. The minimum atomic E-state index is -0.976. The Labute approximate surface area is 220 Å². The summed E-state index contributed by atoms with van der Waals surface area (Å²) in [6.07, 6.45) is 3.17. The lowest BCUT2D eigenvalue weighted by molar-refractivity contribution is -0.126. The van der Waals surface area contributed by atoms with Crippen molar-refractivity contribution in [2.75, 3.05) is 24.6 Å². The fourth-order valence-electron chi connectivity index (χ4n) is 4.74. The van der Waals surface area contributed by atoms with Crippen molar-refractivity contribution in [3.05, 3.63) is 103 Å². The second-order valence-electron chi connectivity index (χ2n) is 9.12. The van der Waals surface area contributed by atoms with E-state index >= 15 is 0 Å². The van der Waals surface area contributed by atoms with E-state index in [1.807, 2.05) is 72.8 Å². The molecular formula is C30H29N3O5. The van der Waals surface area contributed by atoms with Gasteiger partial charge in [0.15, 0.2) is 5.76 Å². The van der Waals surface area contributed by atoms with Crippen LogP contribution in [0.2, 0.25) is 0 Å². The molecular weight excluding hydrogens is 482 g/mol. The van der Waals surface area contributed by atoms with Crippen LogP contribution in [0.3, 0.4) is 0 Å². The third kappa shape index (κ3) is 5.60. The van der Waals surface area contributed by atoms with Gasteiger partial charge in [-0.2, -0.15) is 0 Å². The first kappa shape index (κ1) is 25.2. The number of ether oxygens (including phenoxy) is 1. The fourth-order valence-corrected chi connectivity index (χ4v) is 4.74. The molecule has 1 aliphatic heterocycles. The molecule has 0 spiro atoms. The van der Waals surface area contributed by atoms with Gasteiger partial charge >= 0.3 is 0 Å². The minimum Gasteiger partial charge on any atom is -0.459 e. The van der Waals surface area contributed by atoms with Crippen molar-refractivity contribution < 1.29 is 23.5 Å². The van der Waals surface area contributed by atoms with Gasteiger partial charge in [-0.05, 0) is 42.0 Å². The zero-order chi connectivity index (χ0) is 26.3. The first-order chi connectivity index (χ1) is 18.6. The number of amides is 3. The summed E-state index contributed by atoms with van der Waals surface area (Å²) in [6, 6.07) is 24.6. The third-order valence-corrected chi connectivity index (χ3v) is 6.59. The van der Waals surface area contributed by atoms with Gasteiger partial charge in [-0.1, -0.05) is 66.7 Å². The third-order valence-electron chi connectivity index (χ3n) is 6.59. The maximum atomic E-state index is 13.9. The lowest BCUT2D eigenvalue weighted by Gasteiger charge is -2.32. The van der Waals surface area contributed by atoms with Gasteiger partial charge in [-0.15, -0.1) is 0 Å². The summed E-state index contributed by atoms with van der Waals surface area (Å²) in [6.45, 7) is 0.707. The van der Waals surface area contributed by atoms with Gasteiger partial charge in [0.25, 0.3) is 5.91 Å². The highest BCUT2D eigenvalue weighted by Crippen LogP contribution is 2.34. The number of fused-ring (bicyclic) bond motifs is 1. The van der Waals surface area contributed by atoms with E-state index in [9.17, 15) is 14.4 Å². The highest BCUT2D eigenvalue weighted by Gasteiger charge is 2.34. The van der Waals surface area contributed by atoms with E-state index in [2.05, 4.69) is 10.6 Å². The molecule has 1 aromatic heterocycles. The van der Waals surface area contributed by atoms with Crippen molar-refractivity contribution >= 4 is 34.2 Å². The van der Waals surface area contributed by atoms with Crippen LogP contribution in [-0.2, 0) is 14.3 Å². The Hall–Kier alpha value is -4.43. The quantitative estimate of drug-likeness (QED) is 0.350. The van der Waals surface area contributed by atoms with Crippen LogP contribution in [-0.4, -0.2) is 43.5 Å². The predicted octanol–water partition coefficient (Wildman–Crippen LogP) is 4.23. The van der Waals surface area contributed by atoms with Crippen molar-refractivity contribution in [2.45, 2.75) is 25.0 Å². The Morgan fingerprint density at radius 2 is 1.68 bits per heavy atom. The molecule has 5 rings (SSSR count). The maximum Gasteiger partial charge on any atom is 0.287 e. The topological polar surface area (TPSA) is 101 Å². The van der Waals surface area contributed by atoms with Crippen molar-refractivity contribution in [3.63, 3.8) is 0 Å². The monoisotopic (exact) mass is 511 g/mol. The predicted molar refractivity (Wildman–Crippen MR) is 144 cm³/mol. The average molecular weight is 512 g/mol.